The number of hydrogen-bond donors (Lipinski definition) is 1. The Labute approximate surface area is 223 Å². The molecule has 2 aliphatic heterocycles. The van der Waals surface area contributed by atoms with Crippen LogP contribution in [0.25, 0.3) is 22.4 Å². The fourth-order valence-corrected chi connectivity index (χ4v) is 5.66. The Morgan fingerprint density at radius 3 is 2.42 bits per heavy atom. The molecular formula is C30H35N3O5. The second kappa shape index (κ2) is 10.9. The van der Waals surface area contributed by atoms with Gasteiger partial charge < -0.3 is 18.8 Å². The maximum atomic E-state index is 13.5. The number of piperidine rings is 1. The molecule has 0 spiro atoms. The van der Waals surface area contributed by atoms with Gasteiger partial charge in [-0.15, -0.1) is 0 Å². The number of amides is 1. The van der Waals surface area contributed by atoms with E-state index in [0.29, 0.717) is 29.2 Å². The molecule has 38 heavy (non-hydrogen) atoms. The lowest BCUT2D eigenvalue weighted by atomic mass is 9.93. The van der Waals surface area contributed by atoms with Crippen LogP contribution in [0.1, 0.15) is 58.2 Å². The molecule has 1 saturated heterocycles. The molecule has 0 saturated carbocycles. The molecule has 2 aliphatic rings. The van der Waals surface area contributed by atoms with Crippen LogP contribution in [0, 0.1) is 6.92 Å². The number of carbonyl (C=O) groups excluding carboxylic acids is 2. The van der Waals surface area contributed by atoms with Crippen molar-refractivity contribution in [1.82, 2.24) is 15.0 Å². The smallest absolute Gasteiger partial charge is 0.340 e. The van der Waals surface area contributed by atoms with Gasteiger partial charge in [0, 0.05) is 42.0 Å². The van der Waals surface area contributed by atoms with Crippen LogP contribution in [-0.4, -0.2) is 55.4 Å². The third-order valence-corrected chi connectivity index (χ3v) is 7.50. The maximum absolute atomic E-state index is 13.5. The van der Waals surface area contributed by atoms with Crippen LogP contribution < -0.4 is 14.9 Å². The highest BCUT2D eigenvalue weighted by Crippen LogP contribution is 2.45. The molecule has 1 fully saturated rings. The van der Waals surface area contributed by atoms with Crippen molar-refractivity contribution in [3.63, 3.8) is 0 Å². The summed E-state index contributed by atoms with van der Waals surface area (Å²) in [5.74, 6) is 0.736. The van der Waals surface area contributed by atoms with Crippen molar-refractivity contribution in [2.75, 3.05) is 33.9 Å². The van der Waals surface area contributed by atoms with Gasteiger partial charge in [-0.1, -0.05) is 18.6 Å². The van der Waals surface area contributed by atoms with Gasteiger partial charge in [0.15, 0.2) is 11.5 Å². The Kier molecular flexibility index (Phi) is 7.42. The zero-order valence-electron chi connectivity index (χ0n) is 22.6. The first-order valence-corrected chi connectivity index (χ1v) is 13.3. The molecule has 1 N–H and O–H groups in total. The average molecular weight is 518 g/mol. The topological polar surface area (TPSA) is 82.0 Å². The SMILES string of the molecule is CCOC(=O)c1c(-c2cccc(C(=O)NN3CCCCC3)c2)c(C)n2c1-c1cc(OC)c(OC)cc1CC2. The molecule has 0 radical (unpaired) electrons. The molecule has 0 unspecified atom stereocenters. The largest absolute Gasteiger partial charge is 0.493 e. The first kappa shape index (κ1) is 25.9. The Morgan fingerprint density at radius 2 is 1.71 bits per heavy atom. The number of ether oxygens (including phenoxy) is 3. The van der Waals surface area contributed by atoms with E-state index >= 15 is 0 Å². The van der Waals surface area contributed by atoms with Gasteiger partial charge in [0.1, 0.15) is 0 Å². The van der Waals surface area contributed by atoms with Crippen molar-refractivity contribution < 1.29 is 23.8 Å². The lowest BCUT2D eigenvalue weighted by Gasteiger charge is -2.26. The van der Waals surface area contributed by atoms with Crippen molar-refractivity contribution in [2.45, 2.75) is 46.1 Å². The number of aromatic nitrogens is 1. The molecule has 0 aliphatic carbocycles. The van der Waals surface area contributed by atoms with Crippen LogP contribution >= 0.6 is 0 Å². The summed E-state index contributed by atoms with van der Waals surface area (Å²) in [5, 5.41) is 1.99. The van der Waals surface area contributed by atoms with Gasteiger partial charge in [-0.25, -0.2) is 9.80 Å². The number of nitrogens with one attached hydrogen (secondary N) is 1. The molecule has 1 amide bonds. The quantitative estimate of drug-likeness (QED) is 0.444. The van der Waals surface area contributed by atoms with Crippen LogP contribution in [0.4, 0.5) is 0 Å². The minimum Gasteiger partial charge on any atom is -0.493 e. The Balaban J connectivity index is 1.63. The summed E-state index contributed by atoms with van der Waals surface area (Å²) in [7, 11) is 3.23. The number of benzene rings is 2. The number of aryl methyl sites for hydroxylation is 1. The van der Waals surface area contributed by atoms with E-state index in [1.165, 1.54) is 6.42 Å². The molecule has 1 aromatic heterocycles. The zero-order chi connectivity index (χ0) is 26.8. The summed E-state index contributed by atoms with van der Waals surface area (Å²) in [5.41, 5.74) is 9.46. The van der Waals surface area contributed by atoms with E-state index < -0.39 is 0 Å². The van der Waals surface area contributed by atoms with E-state index in [-0.39, 0.29) is 18.5 Å². The predicted molar refractivity (Wildman–Crippen MR) is 146 cm³/mol. The van der Waals surface area contributed by atoms with Gasteiger partial charge in [-0.3, -0.25) is 10.2 Å². The summed E-state index contributed by atoms with van der Waals surface area (Å²) in [6.07, 6.45) is 4.14. The molecule has 8 heteroatoms. The van der Waals surface area contributed by atoms with Crippen molar-refractivity contribution in [3.8, 4) is 33.9 Å². The lowest BCUT2D eigenvalue weighted by molar-refractivity contribution is 0.0528. The molecule has 0 bridgehead atoms. The summed E-state index contributed by atoms with van der Waals surface area (Å²) in [4.78, 5) is 26.6. The minimum atomic E-state index is -0.384. The highest BCUT2D eigenvalue weighted by Gasteiger charge is 2.32. The van der Waals surface area contributed by atoms with Gasteiger partial charge in [0.25, 0.3) is 5.91 Å². The highest BCUT2D eigenvalue weighted by atomic mass is 16.5. The fraction of sp³-hybridized carbons (Fsp3) is 0.400. The Hall–Kier alpha value is -3.78. The number of hydrogen-bond acceptors (Lipinski definition) is 6. The second-order valence-corrected chi connectivity index (χ2v) is 9.74. The molecule has 0 atom stereocenters. The third-order valence-electron chi connectivity index (χ3n) is 7.50. The van der Waals surface area contributed by atoms with E-state index in [9.17, 15) is 9.59 Å². The van der Waals surface area contributed by atoms with Gasteiger partial charge in [0.2, 0.25) is 0 Å². The number of rotatable bonds is 7. The first-order chi connectivity index (χ1) is 18.5. The molecule has 200 valence electrons. The summed E-state index contributed by atoms with van der Waals surface area (Å²) < 4.78 is 18.9. The highest BCUT2D eigenvalue weighted by molar-refractivity contribution is 6.06. The molecule has 3 aromatic rings. The van der Waals surface area contributed by atoms with Crippen molar-refractivity contribution in [2.24, 2.45) is 0 Å². The average Bonchev–Trinajstić information content (AvgIpc) is 3.25. The van der Waals surface area contributed by atoms with Crippen molar-refractivity contribution in [3.05, 3.63) is 58.8 Å². The zero-order valence-corrected chi connectivity index (χ0v) is 22.6. The van der Waals surface area contributed by atoms with E-state index in [1.54, 1.807) is 21.1 Å². The number of fused-ring (bicyclic) bond motifs is 3. The van der Waals surface area contributed by atoms with E-state index in [0.717, 1.165) is 66.0 Å². The molecule has 8 nitrogen and oxygen atoms in total. The second-order valence-electron chi connectivity index (χ2n) is 9.74. The van der Waals surface area contributed by atoms with Crippen LogP contribution in [0.15, 0.2) is 36.4 Å². The number of esters is 1. The third kappa shape index (κ3) is 4.65. The summed E-state index contributed by atoms with van der Waals surface area (Å²) >= 11 is 0. The van der Waals surface area contributed by atoms with Crippen LogP contribution in [0.2, 0.25) is 0 Å². The Bertz CT molecular complexity index is 1370. The standard InChI is InChI=1S/C30H35N3O5/c1-5-38-30(35)27-26(21-10-9-11-22(16-21)29(34)31-32-13-7-6-8-14-32)19(2)33-15-12-20-17-24(36-3)25(37-4)18-23(20)28(27)33/h9-11,16-18H,5-8,12-15H2,1-4H3,(H,31,34). The lowest BCUT2D eigenvalue weighted by Crippen LogP contribution is -2.45. The van der Waals surface area contributed by atoms with Crippen molar-refractivity contribution >= 4 is 11.9 Å². The summed E-state index contributed by atoms with van der Waals surface area (Å²) in [6.45, 7) is 6.52. The van der Waals surface area contributed by atoms with Gasteiger partial charge in [-0.2, -0.15) is 0 Å². The van der Waals surface area contributed by atoms with E-state index in [2.05, 4.69) is 9.99 Å². The number of carbonyl (C=O) groups is 2. The van der Waals surface area contributed by atoms with Crippen LogP contribution in [0.5, 0.6) is 11.5 Å². The molecule has 3 heterocycles. The summed E-state index contributed by atoms with van der Waals surface area (Å²) in [6, 6.07) is 11.4. The van der Waals surface area contributed by atoms with Gasteiger partial charge in [0.05, 0.1) is 32.1 Å². The number of nitrogens with zero attached hydrogens (tertiary/aromatic N) is 2. The Morgan fingerprint density at radius 1 is 0.974 bits per heavy atom. The molecule has 5 rings (SSSR count). The van der Waals surface area contributed by atoms with Crippen molar-refractivity contribution in [1.29, 1.82) is 0 Å². The van der Waals surface area contributed by atoms with E-state index in [4.69, 9.17) is 14.2 Å². The minimum absolute atomic E-state index is 0.143. The van der Waals surface area contributed by atoms with Crippen LogP contribution in [0.3, 0.4) is 0 Å². The molecule has 2 aromatic carbocycles. The first-order valence-electron chi connectivity index (χ1n) is 13.3. The predicted octanol–water partition coefficient (Wildman–Crippen LogP) is 5.01. The normalized spacial score (nSPS) is 14.8. The van der Waals surface area contributed by atoms with Gasteiger partial charge in [-0.05, 0) is 68.5 Å². The maximum Gasteiger partial charge on any atom is 0.340 e. The van der Waals surface area contributed by atoms with Crippen LogP contribution in [-0.2, 0) is 17.7 Å². The fourth-order valence-electron chi connectivity index (χ4n) is 5.66. The van der Waals surface area contributed by atoms with Gasteiger partial charge >= 0.3 is 5.97 Å². The molecular weight excluding hydrogens is 482 g/mol. The monoisotopic (exact) mass is 517 g/mol. The number of hydrazine groups is 1. The van der Waals surface area contributed by atoms with E-state index in [1.807, 2.05) is 48.3 Å². The number of methoxy groups -OCH3 is 2.